The van der Waals surface area contributed by atoms with Gasteiger partial charge in [-0.2, -0.15) is 8.78 Å². The summed E-state index contributed by atoms with van der Waals surface area (Å²) < 4.78 is 52.5. The van der Waals surface area contributed by atoms with Gasteiger partial charge in [0, 0.05) is 11.8 Å². The minimum absolute atomic E-state index is 0.0820. The first-order valence-corrected chi connectivity index (χ1v) is 9.89. The third-order valence-corrected chi connectivity index (χ3v) is 5.48. The lowest BCUT2D eigenvalue weighted by Crippen LogP contribution is -2.21. The van der Waals surface area contributed by atoms with Gasteiger partial charge in [0.2, 0.25) is 9.84 Å². The number of alkyl halides is 2. The van der Waals surface area contributed by atoms with Crippen LogP contribution in [0.4, 0.5) is 20.2 Å². The lowest BCUT2D eigenvalue weighted by atomic mass is 10.2. The Hall–Kier alpha value is -2.93. The molecular weight excluding hydrogens is 482 g/mol. The van der Waals surface area contributed by atoms with Crippen molar-refractivity contribution in [1.82, 2.24) is 0 Å². The SMILES string of the molecule is O=C(COC(=O)c1ccc(Br)c([N+](=O)[O-])c1)Nc1ccc(S(=O)(=O)C(F)F)cc1. The number of halogens is 3. The third kappa shape index (κ3) is 5.54. The Morgan fingerprint density at radius 3 is 2.34 bits per heavy atom. The Bertz CT molecular complexity index is 1060. The van der Waals surface area contributed by atoms with Crippen molar-refractivity contribution in [1.29, 1.82) is 0 Å². The van der Waals surface area contributed by atoms with Crippen molar-refractivity contribution in [3.8, 4) is 0 Å². The van der Waals surface area contributed by atoms with Crippen LogP contribution >= 0.6 is 15.9 Å². The van der Waals surface area contributed by atoms with E-state index < -0.39 is 43.9 Å². The number of esters is 1. The number of carbonyl (C=O) groups is 2. The van der Waals surface area contributed by atoms with E-state index in [4.69, 9.17) is 4.74 Å². The average molecular weight is 493 g/mol. The summed E-state index contributed by atoms with van der Waals surface area (Å²) in [7, 11) is -4.75. The number of nitro benzene ring substituents is 1. The number of amides is 1. The highest BCUT2D eigenvalue weighted by Gasteiger charge is 2.26. The van der Waals surface area contributed by atoms with E-state index in [1.54, 1.807) is 0 Å². The molecule has 2 aromatic carbocycles. The summed E-state index contributed by atoms with van der Waals surface area (Å²) in [5, 5.41) is 13.2. The summed E-state index contributed by atoms with van der Waals surface area (Å²) in [5.41, 5.74) is -0.421. The molecular formula is C16H11BrF2N2O7S. The van der Waals surface area contributed by atoms with Gasteiger partial charge >= 0.3 is 11.7 Å². The van der Waals surface area contributed by atoms with Gasteiger partial charge in [-0.05, 0) is 52.3 Å². The van der Waals surface area contributed by atoms with Crippen molar-refractivity contribution in [3.05, 3.63) is 62.6 Å². The lowest BCUT2D eigenvalue weighted by Gasteiger charge is -2.08. The lowest BCUT2D eigenvalue weighted by molar-refractivity contribution is -0.385. The molecule has 2 rings (SSSR count). The molecule has 0 aromatic heterocycles. The molecule has 154 valence electrons. The summed E-state index contributed by atoms with van der Waals surface area (Å²) in [5.74, 6) is -5.35. The minimum atomic E-state index is -4.75. The Morgan fingerprint density at radius 2 is 1.79 bits per heavy atom. The zero-order chi connectivity index (χ0) is 21.8. The van der Waals surface area contributed by atoms with Gasteiger partial charge in [0.1, 0.15) is 0 Å². The van der Waals surface area contributed by atoms with Crippen molar-refractivity contribution in [2.24, 2.45) is 0 Å². The van der Waals surface area contributed by atoms with Gasteiger partial charge < -0.3 is 10.1 Å². The highest BCUT2D eigenvalue weighted by atomic mass is 79.9. The zero-order valence-corrected chi connectivity index (χ0v) is 16.6. The number of hydrogen-bond acceptors (Lipinski definition) is 7. The van der Waals surface area contributed by atoms with Gasteiger partial charge in [-0.25, -0.2) is 13.2 Å². The number of ether oxygens (including phenoxy) is 1. The predicted molar refractivity (Wildman–Crippen MR) is 99.3 cm³/mol. The van der Waals surface area contributed by atoms with Crippen molar-refractivity contribution in [2.45, 2.75) is 10.7 Å². The Morgan fingerprint density at radius 1 is 1.17 bits per heavy atom. The number of anilines is 1. The molecule has 0 fully saturated rings. The molecule has 0 aliphatic rings. The molecule has 0 saturated carbocycles. The highest BCUT2D eigenvalue weighted by Crippen LogP contribution is 2.26. The first-order valence-electron chi connectivity index (χ1n) is 7.55. The van der Waals surface area contributed by atoms with Crippen LogP contribution in [0.5, 0.6) is 0 Å². The van der Waals surface area contributed by atoms with E-state index in [1.807, 2.05) is 0 Å². The molecule has 0 spiro atoms. The van der Waals surface area contributed by atoms with Crippen LogP contribution in [0.3, 0.4) is 0 Å². The summed E-state index contributed by atoms with van der Waals surface area (Å²) >= 11 is 2.97. The number of nitrogens with one attached hydrogen (secondary N) is 1. The molecule has 1 N–H and O–H groups in total. The van der Waals surface area contributed by atoms with Crippen LogP contribution < -0.4 is 5.32 Å². The van der Waals surface area contributed by atoms with Crippen LogP contribution in [0.25, 0.3) is 0 Å². The number of hydrogen-bond donors (Lipinski definition) is 1. The fourth-order valence-corrected chi connectivity index (χ4v) is 3.13. The van der Waals surface area contributed by atoms with Crippen LogP contribution in [0.2, 0.25) is 0 Å². The van der Waals surface area contributed by atoms with Crippen LogP contribution in [-0.2, 0) is 19.4 Å². The first-order chi connectivity index (χ1) is 13.5. The van der Waals surface area contributed by atoms with Gasteiger partial charge in [-0.3, -0.25) is 14.9 Å². The topological polar surface area (TPSA) is 133 Å². The first kappa shape index (κ1) is 22.4. The fraction of sp³-hybridized carbons (Fsp3) is 0.125. The summed E-state index contributed by atoms with van der Waals surface area (Å²) in [4.78, 5) is 33.3. The van der Waals surface area contributed by atoms with E-state index in [0.29, 0.717) is 0 Å². The average Bonchev–Trinajstić information content (AvgIpc) is 2.66. The maximum Gasteiger partial charge on any atom is 0.341 e. The number of carbonyl (C=O) groups excluding carboxylic acids is 2. The third-order valence-electron chi connectivity index (χ3n) is 3.41. The van der Waals surface area contributed by atoms with Crippen molar-refractivity contribution < 1.29 is 36.4 Å². The maximum atomic E-state index is 12.5. The van der Waals surface area contributed by atoms with Gasteiger partial charge in [-0.1, -0.05) is 0 Å². The summed E-state index contributed by atoms with van der Waals surface area (Å²) in [6.45, 7) is -0.736. The Balaban J connectivity index is 1.97. The number of rotatable bonds is 7. The second kappa shape index (κ2) is 9.05. The number of nitrogens with zero attached hydrogens (tertiary/aromatic N) is 1. The molecule has 0 aliphatic carbocycles. The van der Waals surface area contributed by atoms with Gasteiger partial charge in [0.15, 0.2) is 6.61 Å². The normalized spacial score (nSPS) is 11.2. The molecule has 0 bridgehead atoms. The monoisotopic (exact) mass is 492 g/mol. The molecule has 0 unspecified atom stereocenters. The van der Waals surface area contributed by atoms with Crippen LogP contribution in [0.15, 0.2) is 51.8 Å². The van der Waals surface area contributed by atoms with Crippen LogP contribution in [0.1, 0.15) is 10.4 Å². The van der Waals surface area contributed by atoms with E-state index in [9.17, 15) is 36.9 Å². The maximum absolute atomic E-state index is 12.5. The van der Waals surface area contributed by atoms with Crippen molar-refractivity contribution in [3.63, 3.8) is 0 Å². The smallest absolute Gasteiger partial charge is 0.341 e. The largest absolute Gasteiger partial charge is 0.452 e. The molecule has 0 heterocycles. The van der Waals surface area contributed by atoms with Crippen LogP contribution in [-0.4, -0.2) is 37.6 Å². The highest BCUT2D eigenvalue weighted by molar-refractivity contribution is 9.10. The quantitative estimate of drug-likeness (QED) is 0.356. The summed E-state index contributed by atoms with van der Waals surface area (Å²) in [6, 6.07) is 7.49. The fourth-order valence-electron chi connectivity index (χ4n) is 2.02. The van der Waals surface area contributed by atoms with E-state index in [0.717, 1.165) is 30.3 Å². The number of benzene rings is 2. The molecule has 29 heavy (non-hydrogen) atoms. The molecule has 0 radical (unpaired) electrons. The van der Waals surface area contributed by atoms with Gasteiger partial charge in [0.05, 0.1) is 19.9 Å². The molecule has 1 amide bonds. The van der Waals surface area contributed by atoms with Gasteiger partial charge in [0.25, 0.3) is 11.6 Å². The molecule has 9 nitrogen and oxygen atoms in total. The van der Waals surface area contributed by atoms with Crippen LogP contribution in [0, 0.1) is 10.1 Å². The van der Waals surface area contributed by atoms with E-state index in [-0.39, 0.29) is 21.4 Å². The molecule has 2 aromatic rings. The second-order valence-electron chi connectivity index (χ2n) is 5.38. The van der Waals surface area contributed by atoms with E-state index >= 15 is 0 Å². The zero-order valence-electron chi connectivity index (χ0n) is 14.2. The molecule has 0 atom stereocenters. The molecule has 0 aliphatic heterocycles. The molecule has 0 saturated heterocycles. The van der Waals surface area contributed by atoms with Crippen molar-refractivity contribution in [2.75, 3.05) is 11.9 Å². The second-order valence-corrected chi connectivity index (χ2v) is 8.15. The van der Waals surface area contributed by atoms with Crippen molar-refractivity contribution >= 4 is 49.0 Å². The summed E-state index contributed by atoms with van der Waals surface area (Å²) in [6.07, 6.45) is 0. The number of sulfone groups is 1. The number of nitro groups is 1. The van der Waals surface area contributed by atoms with Gasteiger partial charge in [-0.15, -0.1) is 0 Å². The minimum Gasteiger partial charge on any atom is -0.452 e. The predicted octanol–water partition coefficient (Wildman–Crippen LogP) is 3.15. The Labute approximate surface area is 170 Å². The molecule has 13 heteroatoms. The van der Waals surface area contributed by atoms with E-state index in [2.05, 4.69) is 21.2 Å². The Kier molecular flexibility index (Phi) is 6.97. The standard InChI is InChI=1S/C16H11BrF2N2O7S/c17-12-6-1-9(7-13(12)21(24)25)15(23)28-8-14(22)20-10-2-4-11(5-3-10)29(26,27)16(18)19/h1-7,16H,8H2,(H,20,22). The van der Waals surface area contributed by atoms with E-state index in [1.165, 1.54) is 12.1 Å².